The highest BCUT2D eigenvalue weighted by molar-refractivity contribution is 5.76. The lowest BCUT2D eigenvalue weighted by atomic mass is 9.97. The predicted octanol–water partition coefficient (Wildman–Crippen LogP) is 3.87. The minimum absolute atomic E-state index is 0.186. The van der Waals surface area contributed by atoms with Crippen LogP contribution >= 0.6 is 0 Å². The zero-order chi connectivity index (χ0) is 15.7. The molecular formula is C17H20N2O2. The highest BCUT2D eigenvalue weighted by atomic mass is 16.3. The number of phenolic OH excluding ortho intramolecular Hbond substituents is 2. The normalized spacial score (nSPS) is 11.2. The lowest BCUT2D eigenvalue weighted by molar-refractivity contribution is 0.448. The SMILES string of the molecule is C=Cc1nc(/C=C/c2c(C)c(O)c(C)c(C)c2O)[nH]c1C. The molecule has 0 atom stereocenters. The highest BCUT2D eigenvalue weighted by Gasteiger charge is 2.14. The second kappa shape index (κ2) is 5.48. The third-order valence-electron chi connectivity index (χ3n) is 3.83. The first-order valence-electron chi connectivity index (χ1n) is 6.75. The maximum absolute atomic E-state index is 10.3. The van der Waals surface area contributed by atoms with Crippen LogP contribution in [0, 0.1) is 27.7 Å². The molecular weight excluding hydrogens is 264 g/mol. The Morgan fingerprint density at radius 2 is 1.57 bits per heavy atom. The average molecular weight is 284 g/mol. The molecule has 0 fully saturated rings. The number of aromatic nitrogens is 2. The molecule has 1 heterocycles. The van der Waals surface area contributed by atoms with Gasteiger partial charge in [0.15, 0.2) is 0 Å². The van der Waals surface area contributed by atoms with Crippen molar-refractivity contribution in [1.82, 2.24) is 9.97 Å². The number of hydrogen-bond acceptors (Lipinski definition) is 3. The van der Waals surface area contributed by atoms with E-state index in [1.165, 1.54) is 0 Å². The van der Waals surface area contributed by atoms with Crippen LogP contribution in [-0.2, 0) is 0 Å². The van der Waals surface area contributed by atoms with Crippen molar-refractivity contribution in [3.8, 4) is 11.5 Å². The first-order chi connectivity index (χ1) is 9.86. The molecule has 110 valence electrons. The molecule has 4 heteroatoms. The third kappa shape index (κ3) is 2.57. The molecule has 3 N–H and O–H groups in total. The molecule has 0 amide bonds. The predicted molar refractivity (Wildman–Crippen MR) is 86.3 cm³/mol. The molecule has 0 radical (unpaired) electrons. The molecule has 0 saturated heterocycles. The highest BCUT2D eigenvalue weighted by Crippen LogP contribution is 2.37. The van der Waals surface area contributed by atoms with Crippen LogP contribution in [0.15, 0.2) is 6.58 Å². The number of nitrogens with zero attached hydrogens (tertiary/aromatic N) is 1. The molecule has 1 aromatic heterocycles. The molecule has 21 heavy (non-hydrogen) atoms. The van der Waals surface area contributed by atoms with Gasteiger partial charge < -0.3 is 15.2 Å². The third-order valence-corrected chi connectivity index (χ3v) is 3.83. The molecule has 0 unspecified atom stereocenters. The second-order valence-electron chi connectivity index (χ2n) is 5.16. The largest absolute Gasteiger partial charge is 0.507 e. The molecule has 0 bridgehead atoms. The van der Waals surface area contributed by atoms with E-state index in [4.69, 9.17) is 0 Å². The first kappa shape index (κ1) is 14.9. The summed E-state index contributed by atoms with van der Waals surface area (Å²) >= 11 is 0. The Morgan fingerprint density at radius 3 is 2.14 bits per heavy atom. The fourth-order valence-corrected chi connectivity index (χ4v) is 2.29. The van der Waals surface area contributed by atoms with Crippen LogP contribution in [0.2, 0.25) is 0 Å². The van der Waals surface area contributed by atoms with Crippen LogP contribution in [0.3, 0.4) is 0 Å². The van der Waals surface area contributed by atoms with Gasteiger partial charge in [0, 0.05) is 16.8 Å². The topological polar surface area (TPSA) is 69.1 Å². The summed E-state index contributed by atoms with van der Waals surface area (Å²) < 4.78 is 0. The molecule has 0 spiro atoms. The summed E-state index contributed by atoms with van der Waals surface area (Å²) in [5, 5.41) is 20.4. The van der Waals surface area contributed by atoms with Crippen molar-refractivity contribution in [3.63, 3.8) is 0 Å². The lowest BCUT2D eigenvalue weighted by Crippen LogP contribution is -1.92. The standard InChI is InChI=1S/C17H20N2O2/c1-6-14-12(5)18-15(19-14)8-7-13-11(4)16(20)9(2)10(3)17(13)21/h6-8,20-21H,1H2,2-5H3,(H,18,19)/b8-7+. The van der Waals surface area contributed by atoms with E-state index in [9.17, 15) is 10.2 Å². The van der Waals surface area contributed by atoms with Gasteiger partial charge in [-0.15, -0.1) is 0 Å². The molecule has 0 aliphatic carbocycles. The van der Waals surface area contributed by atoms with Crippen molar-refractivity contribution in [1.29, 1.82) is 0 Å². The maximum Gasteiger partial charge on any atom is 0.130 e. The van der Waals surface area contributed by atoms with Gasteiger partial charge in [-0.1, -0.05) is 6.58 Å². The number of aromatic amines is 1. The fraction of sp³-hybridized carbons (Fsp3) is 0.235. The Kier molecular flexibility index (Phi) is 3.89. The molecule has 0 saturated carbocycles. The van der Waals surface area contributed by atoms with Crippen LogP contribution in [-0.4, -0.2) is 20.2 Å². The van der Waals surface area contributed by atoms with Gasteiger partial charge in [0.2, 0.25) is 0 Å². The maximum atomic E-state index is 10.3. The van der Waals surface area contributed by atoms with E-state index in [2.05, 4.69) is 16.5 Å². The minimum Gasteiger partial charge on any atom is -0.507 e. The Balaban J connectivity index is 2.48. The summed E-state index contributed by atoms with van der Waals surface area (Å²) in [6.07, 6.45) is 5.21. The number of benzene rings is 1. The number of aromatic hydroxyl groups is 2. The van der Waals surface area contributed by atoms with Gasteiger partial charge >= 0.3 is 0 Å². The summed E-state index contributed by atoms with van der Waals surface area (Å²) in [5.41, 5.74) is 4.38. The summed E-state index contributed by atoms with van der Waals surface area (Å²) in [6.45, 7) is 11.0. The Bertz CT molecular complexity index is 711. The molecule has 0 aliphatic heterocycles. The average Bonchev–Trinajstić information content (AvgIpc) is 2.83. The Labute approximate surface area is 124 Å². The zero-order valence-electron chi connectivity index (χ0n) is 12.8. The molecule has 4 nitrogen and oxygen atoms in total. The fourth-order valence-electron chi connectivity index (χ4n) is 2.29. The van der Waals surface area contributed by atoms with Crippen LogP contribution in [0.1, 0.15) is 39.5 Å². The van der Waals surface area contributed by atoms with Gasteiger partial charge in [0.25, 0.3) is 0 Å². The summed E-state index contributed by atoms with van der Waals surface area (Å²) in [7, 11) is 0. The van der Waals surface area contributed by atoms with Crippen LogP contribution < -0.4 is 0 Å². The van der Waals surface area contributed by atoms with Gasteiger partial charge in [-0.25, -0.2) is 4.98 Å². The van der Waals surface area contributed by atoms with Crippen molar-refractivity contribution < 1.29 is 10.2 Å². The van der Waals surface area contributed by atoms with Gasteiger partial charge in [-0.2, -0.15) is 0 Å². The van der Waals surface area contributed by atoms with E-state index in [-0.39, 0.29) is 11.5 Å². The van der Waals surface area contributed by atoms with Gasteiger partial charge in [-0.05, 0) is 57.0 Å². The van der Waals surface area contributed by atoms with Crippen LogP contribution in [0.5, 0.6) is 11.5 Å². The molecule has 2 aromatic rings. The Morgan fingerprint density at radius 1 is 0.952 bits per heavy atom. The summed E-state index contributed by atoms with van der Waals surface area (Å²) in [4.78, 5) is 7.49. The van der Waals surface area contributed by atoms with Crippen molar-refractivity contribution in [2.45, 2.75) is 27.7 Å². The van der Waals surface area contributed by atoms with Crippen molar-refractivity contribution in [2.24, 2.45) is 0 Å². The molecule has 2 rings (SSSR count). The van der Waals surface area contributed by atoms with E-state index < -0.39 is 0 Å². The quantitative estimate of drug-likeness (QED) is 0.749. The van der Waals surface area contributed by atoms with Crippen molar-refractivity contribution in [3.05, 3.63) is 46.0 Å². The first-order valence-corrected chi connectivity index (χ1v) is 6.75. The summed E-state index contributed by atoms with van der Waals surface area (Å²) in [5.74, 6) is 1.08. The number of nitrogens with one attached hydrogen (secondary N) is 1. The smallest absolute Gasteiger partial charge is 0.130 e. The lowest BCUT2D eigenvalue weighted by Gasteiger charge is -2.13. The zero-order valence-corrected chi connectivity index (χ0v) is 12.8. The second-order valence-corrected chi connectivity index (χ2v) is 5.16. The van der Waals surface area contributed by atoms with E-state index in [0.29, 0.717) is 28.1 Å². The van der Waals surface area contributed by atoms with E-state index in [0.717, 1.165) is 11.4 Å². The number of phenols is 2. The number of imidazole rings is 1. The number of H-pyrrole nitrogens is 1. The van der Waals surface area contributed by atoms with Crippen LogP contribution in [0.4, 0.5) is 0 Å². The van der Waals surface area contributed by atoms with Crippen LogP contribution in [0.25, 0.3) is 18.2 Å². The minimum atomic E-state index is 0.186. The Hall–Kier alpha value is -2.49. The van der Waals surface area contributed by atoms with Gasteiger partial charge in [-0.3, -0.25) is 0 Å². The number of aryl methyl sites for hydroxylation is 1. The van der Waals surface area contributed by atoms with Gasteiger partial charge in [0.05, 0.1) is 5.69 Å². The van der Waals surface area contributed by atoms with E-state index in [1.807, 2.05) is 6.92 Å². The van der Waals surface area contributed by atoms with E-state index >= 15 is 0 Å². The summed E-state index contributed by atoms with van der Waals surface area (Å²) in [6, 6.07) is 0. The number of hydrogen-bond donors (Lipinski definition) is 3. The monoisotopic (exact) mass is 284 g/mol. The molecule has 0 aliphatic rings. The molecule has 1 aromatic carbocycles. The van der Waals surface area contributed by atoms with Crippen molar-refractivity contribution >= 4 is 18.2 Å². The van der Waals surface area contributed by atoms with Gasteiger partial charge in [0.1, 0.15) is 17.3 Å². The van der Waals surface area contributed by atoms with Crippen molar-refractivity contribution in [2.75, 3.05) is 0 Å². The number of rotatable bonds is 3. The van der Waals surface area contributed by atoms with E-state index in [1.54, 1.807) is 39.0 Å².